The molecule has 0 heterocycles. The van der Waals surface area contributed by atoms with Gasteiger partial charge in [-0.2, -0.15) is 0 Å². The molecule has 7 heteroatoms. The predicted molar refractivity (Wildman–Crippen MR) is 117 cm³/mol. The van der Waals surface area contributed by atoms with Crippen LogP contribution in [0.5, 0.6) is 0 Å². The highest BCUT2D eigenvalue weighted by Crippen LogP contribution is 2.36. The summed E-state index contributed by atoms with van der Waals surface area (Å²) in [5.41, 5.74) is 0. The Bertz CT molecular complexity index is 372. The van der Waals surface area contributed by atoms with E-state index in [4.69, 9.17) is 24.4 Å². The number of rotatable bonds is 6. The van der Waals surface area contributed by atoms with Gasteiger partial charge in [0.1, 0.15) is 0 Å². The monoisotopic (exact) mass is 424 g/mol. The molecule has 1 rings (SSSR count). The first-order valence-electron chi connectivity index (χ1n) is 10.2. The van der Waals surface area contributed by atoms with Gasteiger partial charge >= 0.3 is 0 Å². The van der Waals surface area contributed by atoms with Crippen molar-refractivity contribution in [3.8, 4) is 0 Å². The van der Waals surface area contributed by atoms with Crippen molar-refractivity contribution in [2.24, 2.45) is 0 Å². The van der Waals surface area contributed by atoms with Crippen molar-refractivity contribution < 1.29 is 13.3 Å². The molecule has 0 amide bonds. The Morgan fingerprint density at radius 2 is 1.32 bits per heavy atom. The van der Waals surface area contributed by atoms with Gasteiger partial charge in [-0.15, -0.1) is 11.1 Å². The predicted octanol–water partition coefficient (Wildman–Crippen LogP) is 5.92. The SMILES string of the molecule is C[Si](C)(C)OC1CCCCCCCCCCC1(O[SiH2]Cl)O[Si](C)(C)C. The minimum absolute atomic E-state index is 0.0246. The molecule has 0 aromatic carbocycles. The number of hydrogen-bond acceptors (Lipinski definition) is 3. The molecular formula is C18H41ClO3Si3. The lowest BCUT2D eigenvalue weighted by Crippen LogP contribution is -2.56. The van der Waals surface area contributed by atoms with Gasteiger partial charge in [-0.25, -0.2) is 0 Å². The maximum absolute atomic E-state index is 6.73. The summed E-state index contributed by atoms with van der Waals surface area (Å²) in [6.07, 6.45) is 12.2. The van der Waals surface area contributed by atoms with Gasteiger partial charge in [-0.05, 0) is 52.1 Å². The van der Waals surface area contributed by atoms with E-state index in [0.717, 1.165) is 19.3 Å². The third-order valence-electron chi connectivity index (χ3n) is 4.51. The summed E-state index contributed by atoms with van der Waals surface area (Å²) >= 11 is 6.22. The Labute approximate surface area is 165 Å². The van der Waals surface area contributed by atoms with Crippen LogP contribution in [0.4, 0.5) is 0 Å². The maximum Gasteiger partial charge on any atom is 0.262 e. The minimum atomic E-state index is -1.79. The van der Waals surface area contributed by atoms with E-state index in [1.807, 2.05) is 0 Å². The van der Waals surface area contributed by atoms with Crippen LogP contribution in [0.2, 0.25) is 39.3 Å². The van der Waals surface area contributed by atoms with Crippen LogP contribution in [0.1, 0.15) is 64.2 Å². The first-order valence-corrected chi connectivity index (χ1v) is 19.7. The maximum atomic E-state index is 6.73. The lowest BCUT2D eigenvalue weighted by Gasteiger charge is -2.46. The van der Waals surface area contributed by atoms with Gasteiger partial charge < -0.3 is 13.3 Å². The highest BCUT2D eigenvalue weighted by Gasteiger charge is 2.45. The normalized spacial score (nSPS) is 28.7. The zero-order valence-electron chi connectivity index (χ0n) is 17.5. The van der Waals surface area contributed by atoms with Crippen molar-refractivity contribution >= 4 is 36.8 Å². The van der Waals surface area contributed by atoms with Crippen LogP contribution in [0.3, 0.4) is 0 Å². The first-order chi connectivity index (χ1) is 11.6. The molecule has 25 heavy (non-hydrogen) atoms. The van der Waals surface area contributed by atoms with Crippen molar-refractivity contribution in [3.63, 3.8) is 0 Å². The summed E-state index contributed by atoms with van der Waals surface area (Å²) in [5, 5.41) is 0. The zero-order chi connectivity index (χ0) is 19.0. The van der Waals surface area contributed by atoms with E-state index in [9.17, 15) is 0 Å². The van der Waals surface area contributed by atoms with E-state index < -0.39 is 31.5 Å². The molecule has 0 aliphatic heterocycles. The summed E-state index contributed by atoms with van der Waals surface area (Å²) in [7, 11) is -4.59. The first kappa shape index (κ1) is 23.9. The fraction of sp³-hybridized carbons (Fsp3) is 1.00. The van der Waals surface area contributed by atoms with E-state index in [1.165, 1.54) is 44.9 Å². The van der Waals surface area contributed by atoms with Gasteiger partial charge in [-0.3, -0.25) is 0 Å². The number of halogens is 1. The van der Waals surface area contributed by atoms with Crippen LogP contribution in [-0.2, 0) is 13.3 Å². The molecule has 2 unspecified atom stereocenters. The molecule has 1 aliphatic rings. The molecule has 0 aromatic rings. The summed E-state index contributed by atoms with van der Waals surface area (Å²) in [4.78, 5) is 0. The second-order valence-electron chi connectivity index (χ2n) is 9.37. The van der Waals surface area contributed by atoms with Crippen LogP contribution in [0.25, 0.3) is 0 Å². The van der Waals surface area contributed by atoms with Crippen molar-refractivity contribution in [2.45, 2.75) is 115 Å². The molecular weight excluding hydrogens is 384 g/mol. The summed E-state index contributed by atoms with van der Waals surface area (Å²) < 4.78 is 19.7. The van der Waals surface area contributed by atoms with E-state index in [0.29, 0.717) is 0 Å². The molecule has 2 atom stereocenters. The Kier molecular flexibility index (Phi) is 10.5. The Hall–Kier alpha value is 0.821. The zero-order valence-corrected chi connectivity index (χ0v) is 21.6. The van der Waals surface area contributed by atoms with Crippen LogP contribution < -0.4 is 0 Å². The second kappa shape index (κ2) is 11.0. The molecule has 0 spiro atoms. The minimum Gasteiger partial charge on any atom is -0.409 e. The highest BCUT2D eigenvalue weighted by atomic mass is 35.6. The van der Waals surface area contributed by atoms with E-state index in [-0.39, 0.29) is 6.10 Å². The molecule has 150 valence electrons. The van der Waals surface area contributed by atoms with Crippen LogP contribution in [0, 0.1) is 0 Å². The second-order valence-corrected chi connectivity index (χ2v) is 19.4. The smallest absolute Gasteiger partial charge is 0.262 e. The number of hydrogen-bond donors (Lipinski definition) is 0. The van der Waals surface area contributed by atoms with Gasteiger partial charge in [0.2, 0.25) is 0 Å². The van der Waals surface area contributed by atoms with Gasteiger partial charge in [0, 0.05) is 6.42 Å². The summed E-state index contributed by atoms with van der Waals surface area (Å²) in [6.45, 7) is 13.5. The Morgan fingerprint density at radius 3 is 1.80 bits per heavy atom. The Balaban J connectivity index is 3.10. The summed E-state index contributed by atoms with van der Waals surface area (Å²) in [5.74, 6) is -0.613. The quantitative estimate of drug-likeness (QED) is 0.300. The van der Waals surface area contributed by atoms with E-state index in [1.54, 1.807) is 0 Å². The molecule has 1 saturated carbocycles. The highest BCUT2D eigenvalue weighted by molar-refractivity contribution is 6.90. The van der Waals surface area contributed by atoms with Crippen molar-refractivity contribution in [2.75, 3.05) is 0 Å². The van der Waals surface area contributed by atoms with E-state index >= 15 is 0 Å². The lowest BCUT2D eigenvalue weighted by molar-refractivity contribution is -0.192. The van der Waals surface area contributed by atoms with E-state index in [2.05, 4.69) is 39.3 Å². The van der Waals surface area contributed by atoms with Gasteiger partial charge in [0.05, 0.1) is 6.10 Å². The fourth-order valence-electron chi connectivity index (χ4n) is 3.64. The molecule has 1 fully saturated rings. The van der Waals surface area contributed by atoms with Gasteiger partial charge in [-0.1, -0.05) is 44.9 Å². The van der Waals surface area contributed by atoms with Crippen molar-refractivity contribution in [3.05, 3.63) is 0 Å². The largest absolute Gasteiger partial charge is 0.409 e. The molecule has 0 saturated heterocycles. The lowest BCUT2D eigenvalue weighted by atomic mass is 9.95. The third kappa shape index (κ3) is 10.1. The molecule has 0 aromatic heterocycles. The third-order valence-corrected chi connectivity index (χ3v) is 7.38. The van der Waals surface area contributed by atoms with Crippen LogP contribution >= 0.6 is 11.1 Å². The molecule has 0 N–H and O–H groups in total. The molecule has 0 radical (unpaired) electrons. The summed E-state index contributed by atoms with van der Waals surface area (Å²) in [6, 6.07) is 0. The molecule has 3 nitrogen and oxygen atoms in total. The Morgan fingerprint density at radius 1 is 0.800 bits per heavy atom. The van der Waals surface area contributed by atoms with Crippen LogP contribution in [0.15, 0.2) is 0 Å². The van der Waals surface area contributed by atoms with Crippen molar-refractivity contribution in [1.29, 1.82) is 0 Å². The van der Waals surface area contributed by atoms with Gasteiger partial charge in [0.15, 0.2) is 22.4 Å². The standard InChI is InChI=1S/C18H41ClO3Si3/c1-24(2,3)20-17-15-13-11-9-7-8-10-12-14-16-18(17,21-23-19)22-25(4,5)6/h17H,7-16,23H2,1-6H3. The average Bonchev–Trinajstić information content (AvgIpc) is 2.43. The molecule has 1 aliphatic carbocycles. The molecule has 0 bridgehead atoms. The van der Waals surface area contributed by atoms with Gasteiger partial charge in [0.25, 0.3) is 9.07 Å². The van der Waals surface area contributed by atoms with Crippen LogP contribution in [-0.4, -0.2) is 37.6 Å². The fourth-order valence-corrected chi connectivity index (χ4v) is 7.37. The topological polar surface area (TPSA) is 27.7 Å². The average molecular weight is 425 g/mol. The van der Waals surface area contributed by atoms with Crippen molar-refractivity contribution in [1.82, 2.24) is 0 Å².